The first-order valence-electron chi connectivity index (χ1n) is 6.40. The zero-order valence-corrected chi connectivity index (χ0v) is 12.8. The van der Waals surface area contributed by atoms with Crippen LogP contribution < -0.4 is 5.32 Å². The lowest BCUT2D eigenvalue weighted by atomic mass is 10.1. The summed E-state index contributed by atoms with van der Waals surface area (Å²) in [5, 5.41) is 3.86. The Bertz CT molecular complexity index is 614. The third-order valence-corrected chi connectivity index (χ3v) is 3.23. The zero-order valence-electron chi connectivity index (χ0n) is 12.0. The Morgan fingerprint density at radius 3 is 2.52 bits per heavy atom. The summed E-state index contributed by atoms with van der Waals surface area (Å²) >= 11 is 1.21. The molecule has 0 atom stereocenters. The molecule has 0 amide bonds. The van der Waals surface area contributed by atoms with Gasteiger partial charge in [0.2, 0.25) is 5.13 Å². The predicted molar refractivity (Wildman–Crippen MR) is 77.5 cm³/mol. The van der Waals surface area contributed by atoms with Gasteiger partial charge in [-0.15, -0.1) is 0 Å². The minimum absolute atomic E-state index is 0.132. The van der Waals surface area contributed by atoms with Crippen LogP contribution in [0, 0.1) is 0 Å². The molecule has 0 aliphatic heterocycles. The van der Waals surface area contributed by atoms with Gasteiger partial charge in [-0.25, -0.2) is 4.98 Å². The fraction of sp³-hybridized carbons (Fsp3) is 0.429. The standard InChI is InChI=1S/C14H16F3N3S/c1-13(2,3)19-12-18-11(20-21-12)8-9-5-4-6-10(7-9)14(15,16)17/h4-7H,8H2,1-3H3,(H,18,19,20). The van der Waals surface area contributed by atoms with Gasteiger partial charge < -0.3 is 5.32 Å². The molecule has 1 aromatic heterocycles. The van der Waals surface area contributed by atoms with Crippen molar-refractivity contribution in [3.63, 3.8) is 0 Å². The molecule has 0 saturated heterocycles. The minimum atomic E-state index is -4.33. The van der Waals surface area contributed by atoms with E-state index in [0.29, 0.717) is 16.5 Å². The number of benzene rings is 1. The number of alkyl halides is 3. The topological polar surface area (TPSA) is 37.8 Å². The van der Waals surface area contributed by atoms with Gasteiger partial charge in [-0.05, 0) is 32.4 Å². The summed E-state index contributed by atoms with van der Waals surface area (Å²) in [5.74, 6) is 0.520. The molecule has 0 spiro atoms. The number of rotatable bonds is 3. The normalized spacial score (nSPS) is 12.5. The Morgan fingerprint density at radius 2 is 1.90 bits per heavy atom. The summed E-state index contributed by atoms with van der Waals surface area (Å²) in [7, 11) is 0. The van der Waals surface area contributed by atoms with Crippen molar-refractivity contribution in [3.05, 3.63) is 41.2 Å². The van der Waals surface area contributed by atoms with Gasteiger partial charge in [0.25, 0.3) is 0 Å². The largest absolute Gasteiger partial charge is 0.416 e. The van der Waals surface area contributed by atoms with Crippen molar-refractivity contribution in [2.24, 2.45) is 0 Å². The van der Waals surface area contributed by atoms with Crippen LogP contribution in [0.3, 0.4) is 0 Å². The summed E-state index contributed by atoms with van der Waals surface area (Å²) in [5.41, 5.74) is -0.235. The van der Waals surface area contributed by atoms with E-state index in [1.54, 1.807) is 6.07 Å². The molecular formula is C14H16F3N3S. The average molecular weight is 315 g/mol. The third-order valence-electron chi connectivity index (χ3n) is 2.57. The maximum atomic E-state index is 12.7. The Balaban J connectivity index is 2.12. The number of halogens is 3. The molecule has 0 bridgehead atoms. The van der Waals surface area contributed by atoms with E-state index in [2.05, 4.69) is 14.7 Å². The van der Waals surface area contributed by atoms with E-state index >= 15 is 0 Å². The van der Waals surface area contributed by atoms with Crippen LogP contribution >= 0.6 is 11.5 Å². The van der Waals surface area contributed by atoms with Crippen molar-refractivity contribution in [2.75, 3.05) is 5.32 Å². The second kappa shape index (κ2) is 5.63. The van der Waals surface area contributed by atoms with Crippen LogP contribution in [0.1, 0.15) is 37.7 Å². The molecule has 21 heavy (non-hydrogen) atoms. The maximum Gasteiger partial charge on any atom is 0.416 e. The third kappa shape index (κ3) is 4.70. The van der Waals surface area contributed by atoms with Crippen LogP contribution in [0.15, 0.2) is 24.3 Å². The lowest BCUT2D eigenvalue weighted by Gasteiger charge is -2.18. The number of nitrogens with zero attached hydrogens (tertiary/aromatic N) is 2. The van der Waals surface area contributed by atoms with Crippen molar-refractivity contribution < 1.29 is 13.2 Å². The Hall–Kier alpha value is -1.63. The van der Waals surface area contributed by atoms with Gasteiger partial charge in [-0.1, -0.05) is 18.2 Å². The molecule has 1 aromatic carbocycles. The fourth-order valence-corrected chi connectivity index (χ4v) is 2.53. The van der Waals surface area contributed by atoms with Crippen molar-refractivity contribution in [3.8, 4) is 0 Å². The number of aromatic nitrogens is 2. The predicted octanol–water partition coefficient (Wildman–Crippen LogP) is 4.36. The first-order chi connectivity index (χ1) is 9.63. The van der Waals surface area contributed by atoms with Crippen molar-refractivity contribution in [2.45, 2.75) is 38.9 Å². The highest BCUT2D eigenvalue weighted by atomic mass is 32.1. The van der Waals surface area contributed by atoms with Crippen LogP contribution in [0.2, 0.25) is 0 Å². The maximum absolute atomic E-state index is 12.7. The Kier molecular flexibility index (Phi) is 4.22. The Labute approximate surface area is 125 Å². The highest BCUT2D eigenvalue weighted by Crippen LogP contribution is 2.30. The first kappa shape index (κ1) is 15.8. The highest BCUT2D eigenvalue weighted by Gasteiger charge is 2.30. The van der Waals surface area contributed by atoms with Crippen LogP contribution in [0.5, 0.6) is 0 Å². The molecule has 0 saturated carbocycles. The molecule has 114 valence electrons. The van der Waals surface area contributed by atoms with E-state index in [0.717, 1.165) is 12.1 Å². The smallest absolute Gasteiger partial charge is 0.356 e. The van der Waals surface area contributed by atoms with Gasteiger partial charge in [-0.2, -0.15) is 17.5 Å². The van der Waals surface area contributed by atoms with E-state index in [1.165, 1.54) is 17.6 Å². The van der Waals surface area contributed by atoms with Gasteiger partial charge in [0.05, 0.1) is 5.56 Å². The van der Waals surface area contributed by atoms with E-state index in [9.17, 15) is 13.2 Å². The van der Waals surface area contributed by atoms with Crippen LogP contribution in [-0.2, 0) is 12.6 Å². The number of anilines is 1. The van der Waals surface area contributed by atoms with Crippen molar-refractivity contribution >= 4 is 16.7 Å². The molecule has 0 radical (unpaired) electrons. The van der Waals surface area contributed by atoms with Crippen molar-refractivity contribution in [1.29, 1.82) is 0 Å². The fourth-order valence-electron chi connectivity index (χ4n) is 1.74. The molecule has 0 unspecified atom stereocenters. The summed E-state index contributed by atoms with van der Waals surface area (Å²) in [4.78, 5) is 4.30. The molecule has 0 aliphatic carbocycles. The summed E-state index contributed by atoms with van der Waals surface area (Å²) in [6.45, 7) is 6.00. The number of hydrogen-bond donors (Lipinski definition) is 1. The molecule has 0 fully saturated rings. The van der Waals surface area contributed by atoms with Gasteiger partial charge in [0.15, 0.2) is 0 Å². The quantitative estimate of drug-likeness (QED) is 0.914. The second-order valence-electron chi connectivity index (χ2n) is 5.77. The Morgan fingerprint density at radius 1 is 1.19 bits per heavy atom. The van der Waals surface area contributed by atoms with Crippen LogP contribution in [0.25, 0.3) is 0 Å². The lowest BCUT2D eigenvalue weighted by Crippen LogP contribution is -2.25. The van der Waals surface area contributed by atoms with Crippen LogP contribution in [0.4, 0.5) is 18.3 Å². The number of nitrogens with one attached hydrogen (secondary N) is 1. The zero-order chi connectivity index (χ0) is 15.7. The summed E-state index contributed by atoms with van der Waals surface area (Å²) < 4.78 is 42.1. The van der Waals surface area contributed by atoms with Gasteiger partial charge in [-0.3, -0.25) is 0 Å². The highest BCUT2D eigenvalue weighted by molar-refractivity contribution is 7.09. The van der Waals surface area contributed by atoms with Crippen molar-refractivity contribution in [1.82, 2.24) is 9.36 Å². The molecular weight excluding hydrogens is 299 g/mol. The summed E-state index contributed by atoms with van der Waals surface area (Å²) in [6.07, 6.45) is -4.04. The summed E-state index contributed by atoms with van der Waals surface area (Å²) in [6, 6.07) is 5.24. The lowest BCUT2D eigenvalue weighted by molar-refractivity contribution is -0.137. The molecule has 1 N–H and O–H groups in total. The van der Waals surface area contributed by atoms with Gasteiger partial charge in [0, 0.05) is 23.5 Å². The van der Waals surface area contributed by atoms with Gasteiger partial charge >= 0.3 is 6.18 Å². The second-order valence-corrected chi connectivity index (χ2v) is 6.52. The molecule has 7 heteroatoms. The van der Waals surface area contributed by atoms with E-state index in [-0.39, 0.29) is 12.0 Å². The van der Waals surface area contributed by atoms with E-state index < -0.39 is 11.7 Å². The average Bonchev–Trinajstić information content (AvgIpc) is 2.73. The molecule has 1 heterocycles. The molecule has 3 nitrogen and oxygen atoms in total. The molecule has 0 aliphatic rings. The van der Waals surface area contributed by atoms with Crippen LogP contribution in [-0.4, -0.2) is 14.9 Å². The van der Waals surface area contributed by atoms with E-state index in [1.807, 2.05) is 20.8 Å². The van der Waals surface area contributed by atoms with E-state index in [4.69, 9.17) is 0 Å². The minimum Gasteiger partial charge on any atom is -0.356 e. The molecule has 2 aromatic rings. The number of hydrogen-bond acceptors (Lipinski definition) is 4. The monoisotopic (exact) mass is 315 g/mol. The first-order valence-corrected chi connectivity index (χ1v) is 7.18. The van der Waals surface area contributed by atoms with Gasteiger partial charge in [0.1, 0.15) is 5.82 Å². The molecule has 2 rings (SSSR count). The SMILES string of the molecule is CC(C)(C)Nc1nc(Cc2cccc(C(F)(F)F)c2)ns1.